The van der Waals surface area contributed by atoms with Gasteiger partial charge in [0.15, 0.2) is 11.5 Å². The molecule has 0 spiro atoms. The molecular weight excluding hydrogens is 463 g/mol. The van der Waals surface area contributed by atoms with Crippen molar-refractivity contribution in [2.75, 3.05) is 19.1 Å². The lowest BCUT2D eigenvalue weighted by atomic mass is 9.94. The van der Waals surface area contributed by atoms with Gasteiger partial charge in [-0.05, 0) is 35.9 Å². The zero-order valence-corrected chi connectivity index (χ0v) is 18.7. The predicted octanol–water partition coefficient (Wildman–Crippen LogP) is 5.35. The number of ether oxygens (including phenoxy) is 2. The summed E-state index contributed by atoms with van der Waals surface area (Å²) in [6.07, 6.45) is -4.66. The highest BCUT2D eigenvalue weighted by Crippen LogP contribution is 2.45. The van der Waals surface area contributed by atoms with Crippen molar-refractivity contribution in [3.05, 3.63) is 95.1 Å². The van der Waals surface area contributed by atoms with Gasteiger partial charge in [-0.1, -0.05) is 42.5 Å². The minimum atomic E-state index is -4.66. The number of ketones is 1. The van der Waals surface area contributed by atoms with Crippen LogP contribution in [0.15, 0.2) is 78.4 Å². The topological polar surface area (TPSA) is 76.1 Å². The van der Waals surface area contributed by atoms with Crippen molar-refractivity contribution in [3.8, 4) is 11.5 Å². The van der Waals surface area contributed by atoms with E-state index in [-0.39, 0.29) is 22.6 Å². The van der Waals surface area contributed by atoms with E-state index in [1.807, 2.05) is 0 Å². The number of rotatable bonds is 5. The minimum Gasteiger partial charge on any atom is -0.507 e. The van der Waals surface area contributed by atoms with E-state index in [0.29, 0.717) is 11.3 Å². The highest BCUT2D eigenvalue weighted by atomic mass is 19.4. The third-order valence-electron chi connectivity index (χ3n) is 5.67. The van der Waals surface area contributed by atoms with Crippen molar-refractivity contribution in [1.29, 1.82) is 0 Å². The number of benzene rings is 3. The molecule has 1 aliphatic heterocycles. The van der Waals surface area contributed by atoms with Gasteiger partial charge < -0.3 is 14.6 Å². The number of anilines is 1. The van der Waals surface area contributed by atoms with Crippen molar-refractivity contribution in [3.63, 3.8) is 0 Å². The van der Waals surface area contributed by atoms with Crippen LogP contribution in [-0.4, -0.2) is 31.0 Å². The average molecular weight is 483 g/mol. The van der Waals surface area contributed by atoms with Gasteiger partial charge >= 0.3 is 6.18 Å². The zero-order valence-electron chi connectivity index (χ0n) is 18.7. The maximum atomic E-state index is 13.4. The first-order chi connectivity index (χ1) is 16.7. The zero-order chi connectivity index (χ0) is 25.3. The Bertz CT molecular complexity index is 1320. The number of aliphatic hydroxyl groups excluding tert-OH is 1. The monoisotopic (exact) mass is 483 g/mol. The molecule has 1 fully saturated rings. The van der Waals surface area contributed by atoms with Gasteiger partial charge in [-0.15, -0.1) is 0 Å². The van der Waals surface area contributed by atoms with Crippen LogP contribution in [-0.2, 0) is 15.8 Å². The molecule has 1 N–H and O–H groups in total. The van der Waals surface area contributed by atoms with Crippen LogP contribution in [0.2, 0.25) is 0 Å². The van der Waals surface area contributed by atoms with Crippen LogP contribution in [0.3, 0.4) is 0 Å². The minimum absolute atomic E-state index is 0.145. The number of alkyl halides is 3. The third kappa shape index (κ3) is 4.32. The van der Waals surface area contributed by atoms with Crippen molar-refractivity contribution in [1.82, 2.24) is 0 Å². The van der Waals surface area contributed by atoms with E-state index in [9.17, 15) is 27.9 Å². The Morgan fingerprint density at radius 2 is 1.57 bits per heavy atom. The van der Waals surface area contributed by atoms with Gasteiger partial charge in [0.05, 0.1) is 31.4 Å². The summed E-state index contributed by atoms with van der Waals surface area (Å²) in [6.45, 7) is 0. The van der Waals surface area contributed by atoms with Gasteiger partial charge in [0.25, 0.3) is 11.7 Å². The number of hydrogen-bond acceptors (Lipinski definition) is 5. The molecule has 3 aromatic carbocycles. The van der Waals surface area contributed by atoms with Gasteiger partial charge in [0.2, 0.25) is 0 Å². The van der Waals surface area contributed by atoms with E-state index in [2.05, 4.69) is 0 Å². The quantitative estimate of drug-likeness (QED) is 0.301. The van der Waals surface area contributed by atoms with Crippen LogP contribution in [0.5, 0.6) is 11.5 Å². The standard InChI is InChI=1S/C26H20F3NO5/c1-34-19-12-11-16(13-20(19)35-2)22-21(23(31)15-7-4-3-5-8-15)24(32)25(33)30(22)18-10-6-9-17(14-18)26(27,28)29/h3-14,22,31H,1-2H3. The van der Waals surface area contributed by atoms with Gasteiger partial charge in [-0.25, -0.2) is 0 Å². The van der Waals surface area contributed by atoms with Crippen LogP contribution in [0, 0.1) is 0 Å². The molecule has 1 atom stereocenters. The molecule has 1 saturated heterocycles. The second-order valence-electron chi connectivity index (χ2n) is 7.70. The molecule has 1 amide bonds. The fourth-order valence-electron chi connectivity index (χ4n) is 4.02. The smallest absolute Gasteiger partial charge is 0.416 e. The Morgan fingerprint density at radius 3 is 2.20 bits per heavy atom. The Labute approximate surface area is 198 Å². The lowest BCUT2D eigenvalue weighted by molar-refractivity contribution is -0.137. The number of amides is 1. The van der Waals surface area contributed by atoms with Crippen molar-refractivity contribution in [2.45, 2.75) is 12.2 Å². The van der Waals surface area contributed by atoms with E-state index < -0.39 is 35.2 Å². The summed E-state index contributed by atoms with van der Waals surface area (Å²) < 4.78 is 50.8. The first-order valence-corrected chi connectivity index (χ1v) is 10.4. The molecule has 35 heavy (non-hydrogen) atoms. The number of aliphatic hydroxyl groups is 1. The lowest BCUT2D eigenvalue weighted by Crippen LogP contribution is -2.29. The van der Waals surface area contributed by atoms with Crippen molar-refractivity contribution >= 4 is 23.1 Å². The summed E-state index contributed by atoms with van der Waals surface area (Å²) in [6, 6.07) is 15.6. The number of halogens is 3. The van der Waals surface area contributed by atoms with Crippen molar-refractivity contribution < 1.29 is 37.3 Å². The van der Waals surface area contributed by atoms with Crippen LogP contribution in [0.25, 0.3) is 5.76 Å². The van der Waals surface area contributed by atoms with Gasteiger partial charge in [-0.3, -0.25) is 14.5 Å². The van der Waals surface area contributed by atoms with E-state index >= 15 is 0 Å². The summed E-state index contributed by atoms with van der Waals surface area (Å²) in [5.74, 6) is -1.89. The maximum Gasteiger partial charge on any atom is 0.416 e. The molecule has 0 aromatic heterocycles. The van der Waals surface area contributed by atoms with E-state index in [1.165, 1.54) is 26.4 Å². The molecule has 1 heterocycles. The molecule has 4 rings (SSSR count). The number of carbonyl (C=O) groups excluding carboxylic acids is 2. The first kappa shape index (κ1) is 23.9. The van der Waals surface area contributed by atoms with E-state index in [1.54, 1.807) is 42.5 Å². The predicted molar refractivity (Wildman–Crippen MR) is 122 cm³/mol. The Balaban J connectivity index is 1.97. The highest BCUT2D eigenvalue weighted by molar-refractivity contribution is 6.51. The lowest BCUT2D eigenvalue weighted by Gasteiger charge is -2.26. The number of Topliss-reactive ketones (excluding diaryl/α,β-unsaturated/α-hetero) is 1. The summed E-state index contributed by atoms with van der Waals surface area (Å²) in [5.41, 5.74) is -0.776. The van der Waals surface area contributed by atoms with Gasteiger partial charge in [0.1, 0.15) is 5.76 Å². The Hall–Kier alpha value is -4.27. The molecule has 6 nitrogen and oxygen atoms in total. The molecule has 0 aliphatic carbocycles. The third-order valence-corrected chi connectivity index (χ3v) is 5.67. The molecule has 0 saturated carbocycles. The summed E-state index contributed by atoms with van der Waals surface area (Å²) in [4.78, 5) is 27.3. The fourth-order valence-corrected chi connectivity index (χ4v) is 4.02. The van der Waals surface area contributed by atoms with E-state index in [4.69, 9.17) is 9.47 Å². The maximum absolute atomic E-state index is 13.4. The number of carbonyl (C=O) groups is 2. The molecule has 180 valence electrons. The number of hydrogen-bond donors (Lipinski definition) is 1. The second-order valence-corrected chi connectivity index (χ2v) is 7.70. The molecular formula is C26H20F3NO5. The highest BCUT2D eigenvalue weighted by Gasteiger charge is 2.47. The number of methoxy groups -OCH3 is 2. The van der Waals surface area contributed by atoms with E-state index in [0.717, 1.165) is 23.1 Å². The SMILES string of the molecule is COc1ccc(C2C(=C(O)c3ccccc3)C(=O)C(=O)N2c2cccc(C(F)(F)F)c2)cc1OC. The van der Waals surface area contributed by atoms with Crippen LogP contribution in [0.4, 0.5) is 18.9 Å². The van der Waals surface area contributed by atoms with Crippen molar-refractivity contribution in [2.24, 2.45) is 0 Å². The number of nitrogens with zero attached hydrogens (tertiary/aromatic N) is 1. The molecule has 1 aliphatic rings. The Kier molecular flexibility index (Phi) is 6.26. The first-order valence-electron chi connectivity index (χ1n) is 10.4. The normalized spacial score (nSPS) is 17.5. The summed E-state index contributed by atoms with van der Waals surface area (Å²) >= 11 is 0. The van der Waals surface area contributed by atoms with Crippen LogP contribution in [0.1, 0.15) is 22.7 Å². The largest absolute Gasteiger partial charge is 0.507 e. The summed E-state index contributed by atoms with van der Waals surface area (Å²) in [7, 11) is 2.83. The summed E-state index contributed by atoms with van der Waals surface area (Å²) in [5, 5.41) is 11.1. The Morgan fingerprint density at radius 1 is 0.886 bits per heavy atom. The second kappa shape index (κ2) is 9.17. The molecule has 9 heteroatoms. The average Bonchev–Trinajstić information content (AvgIpc) is 3.13. The van der Waals surface area contributed by atoms with Crippen LogP contribution < -0.4 is 14.4 Å². The molecule has 0 bridgehead atoms. The van der Waals surface area contributed by atoms with Gasteiger partial charge in [-0.2, -0.15) is 13.2 Å². The molecule has 3 aromatic rings. The fraction of sp³-hybridized carbons (Fsp3) is 0.154. The molecule has 0 radical (unpaired) electrons. The molecule has 1 unspecified atom stereocenters. The van der Waals surface area contributed by atoms with Gasteiger partial charge in [0, 0.05) is 11.3 Å². The van der Waals surface area contributed by atoms with Crippen LogP contribution >= 0.6 is 0 Å².